The molecule has 2 aromatic heterocycles. The number of fused-ring (bicyclic) bond motifs is 4. The summed E-state index contributed by atoms with van der Waals surface area (Å²) in [7, 11) is 0. The number of rotatable bonds is 5. The van der Waals surface area contributed by atoms with Crippen LogP contribution in [0.5, 0.6) is 0 Å². The first-order chi connectivity index (χ1) is 23.3. The van der Waals surface area contributed by atoms with Crippen molar-refractivity contribution in [2.45, 2.75) is 0 Å². The van der Waals surface area contributed by atoms with Crippen LogP contribution in [0.4, 0.5) is 0 Å². The molecule has 0 radical (unpaired) electrons. The van der Waals surface area contributed by atoms with Gasteiger partial charge >= 0.3 is 0 Å². The van der Waals surface area contributed by atoms with Crippen molar-refractivity contribution in [2.24, 2.45) is 0 Å². The Morgan fingerprint density at radius 2 is 0.872 bits per heavy atom. The highest BCUT2D eigenvalue weighted by molar-refractivity contribution is 6.18. The lowest BCUT2D eigenvalue weighted by Gasteiger charge is -2.12. The molecule has 0 aliphatic rings. The average Bonchev–Trinajstić information content (AvgIpc) is 3.53. The Morgan fingerprint density at radius 1 is 0.383 bits per heavy atom. The molecule has 0 bridgehead atoms. The molecule has 0 spiro atoms. The van der Waals surface area contributed by atoms with Crippen LogP contribution in [0.3, 0.4) is 0 Å². The third kappa shape index (κ3) is 4.86. The van der Waals surface area contributed by atoms with E-state index in [1.807, 2.05) is 42.5 Å². The van der Waals surface area contributed by atoms with Crippen LogP contribution in [-0.4, -0.2) is 9.97 Å². The molecule has 7 aromatic carbocycles. The van der Waals surface area contributed by atoms with Crippen LogP contribution in [-0.2, 0) is 0 Å². The van der Waals surface area contributed by atoms with Gasteiger partial charge < -0.3 is 4.42 Å². The minimum absolute atomic E-state index is 0.664. The molecule has 47 heavy (non-hydrogen) atoms. The predicted molar refractivity (Wildman–Crippen MR) is 194 cm³/mol. The van der Waals surface area contributed by atoms with Gasteiger partial charge in [-0.3, -0.25) is 0 Å². The zero-order valence-electron chi connectivity index (χ0n) is 25.5. The molecule has 0 saturated heterocycles. The van der Waals surface area contributed by atoms with Gasteiger partial charge in [0.1, 0.15) is 11.2 Å². The smallest absolute Gasteiger partial charge is 0.161 e. The zero-order valence-corrected chi connectivity index (χ0v) is 25.5. The Bertz CT molecular complexity index is 2480. The van der Waals surface area contributed by atoms with E-state index in [1.165, 1.54) is 11.1 Å². The van der Waals surface area contributed by atoms with Crippen LogP contribution in [0.1, 0.15) is 0 Å². The third-order valence-corrected chi connectivity index (χ3v) is 8.90. The van der Waals surface area contributed by atoms with Gasteiger partial charge in [-0.1, -0.05) is 140 Å². The lowest BCUT2D eigenvalue weighted by molar-refractivity contribution is 0.670. The van der Waals surface area contributed by atoms with Crippen molar-refractivity contribution in [3.8, 4) is 56.2 Å². The SMILES string of the molecule is c1ccc(-c2ccc(-c3ccc(-c4nc(-c5ccccc5)cc(-c5ccccc5)n4)c4c3oc3cc5ccccc5cc34)cc2)cc1. The van der Waals surface area contributed by atoms with Gasteiger partial charge in [-0.25, -0.2) is 9.97 Å². The summed E-state index contributed by atoms with van der Waals surface area (Å²) in [5, 5.41) is 4.37. The van der Waals surface area contributed by atoms with Crippen LogP contribution in [0.15, 0.2) is 174 Å². The van der Waals surface area contributed by atoms with Crippen molar-refractivity contribution in [3.05, 3.63) is 170 Å². The van der Waals surface area contributed by atoms with E-state index in [1.54, 1.807) is 0 Å². The van der Waals surface area contributed by atoms with Crippen LogP contribution in [0, 0.1) is 0 Å². The number of nitrogens with zero attached hydrogens (tertiary/aromatic N) is 2. The summed E-state index contributed by atoms with van der Waals surface area (Å²) in [6.07, 6.45) is 0. The molecule has 0 N–H and O–H groups in total. The summed E-state index contributed by atoms with van der Waals surface area (Å²) in [6, 6.07) is 59.0. The summed E-state index contributed by atoms with van der Waals surface area (Å²) < 4.78 is 6.80. The summed E-state index contributed by atoms with van der Waals surface area (Å²) in [6.45, 7) is 0. The quantitative estimate of drug-likeness (QED) is 0.197. The van der Waals surface area contributed by atoms with Gasteiger partial charge in [0, 0.05) is 33.0 Å². The highest BCUT2D eigenvalue weighted by Crippen LogP contribution is 2.43. The monoisotopic (exact) mass is 600 g/mol. The van der Waals surface area contributed by atoms with Crippen molar-refractivity contribution < 1.29 is 4.42 Å². The van der Waals surface area contributed by atoms with Crippen LogP contribution < -0.4 is 0 Å². The van der Waals surface area contributed by atoms with Crippen molar-refractivity contribution in [2.75, 3.05) is 0 Å². The molecule has 9 rings (SSSR count). The van der Waals surface area contributed by atoms with E-state index in [0.29, 0.717) is 5.82 Å². The Hall–Kier alpha value is -6.32. The molecular weight excluding hydrogens is 572 g/mol. The Balaban J connectivity index is 1.30. The van der Waals surface area contributed by atoms with E-state index < -0.39 is 0 Å². The fourth-order valence-electron chi connectivity index (χ4n) is 6.53. The van der Waals surface area contributed by atoms with Crippen molar-refractivity contribution in [3.63, 3.8) is 0 Å². The molecule has 0 fully saturated rings. The predicted octanol–water partition coefficient (Wildman–Crippen LogP) is 11.9. The summed E-state index contributed by atoms with van der Waals surface area (Å²) in [4.78, 5) is 10.4. The van der Waals surface area contributed by atoms with Gasteiger partial charge in [0.15, 0.2) is 5.82 Å². The molecule has 0 unspecified atom stereocenters. The molecule has 0 atom stereocenters. The maximum atomic E-state index is 6.80. The van der Waals surface area contributed by atoms with E-state index in [2.05, 4.69) is 127 Å². The second kappa shape index (κ2) is 11.2. The molecule has 0 amide bonds. The summed E-state index contributed by atoms with van der Waals surface area (Å²) in [5.74, 6) is 0.664. The molecule has 3 nitrogen and oxygen atoms in total. The minimum atomic E-state index is 0.664. The number of furan rings is 1. The highest BCUT2D eigenvalue weighted by atomic mass is 16.3. The molecule has 9 aromatic rings. The zero-order chi connectivity index (χ0) is 31.2. The first-order valence-corrected chi connectivity index (χ1v) is 15.8. The standard InChI is InChI=1S/C44H28N2O/c1-4-12-29(13-5-1)30-20-22-31(23-21-30)36-24-25-37(42-38-26-34-18-10-11-19-35(34)27-41(38)47-43(36)42)44-45-39(32-14-6-2-7-15-32)28-40(46-44)33-16-8-3-9-17-33/h1-28H. The lowest BCUT2D eigenvalue weighted by Crippen LogP contribution is -1.96. The molecule has 2 heterocycles. The molecule has 3 heteroatoms. The van der Waals surface area contributed by atoms with Crippen LogP contribution in [0.25, 0.3) is 88.9 Å². The minimum Gasteiger partial charge on any atom is -0.455 e. The second-order valence-corrected chi connectivity index (χ2v) is 11.8. The van der Waals surface area contributed by atoms with Gasteiger partial charge in [0.2, 0.25) is 0 Å². The third-order valence-electron chi connectivity index (χ3n) is 8.90. The van der Waals surface area contributed by atoms with Gasteiger partial charge in [-0.05, 0) is 57.8 Å². The van der Waals surface area contributed by atoms with Crippen molar-refractivity contribution in [1.29, 1.82) is 0 Å². The Kier molecular flexibility index (Phi) is 6.46. The molecular formula is C44H28N2O. The van der Waals surface area contributed by atoms with Crippen LogP contribution >= 0.6 is 0 Å². The average molecular weight is 601 g/mol. The highest BCUT2D eigenvalue weighted by Gasteiger charge is 2.21. The Morgan fingerprint density at radius 3 is 1.49 bits per heavy atom. The van der Waals surface area contributed by atoms with Gasteiger partial charge in [-0.2, -0.15) is 0 Å². The van der Waals surface area contributed by atoms with Gasteiger partial charge in [-0.15, -0.1) is 0 Å². The fourth-order valence-corrected chi connectivity index (χ4v) is 6.53. The number of aromatic nitrogens is 2. The lowest BCUT2D eigenvalue weighted by atomic mass is 9.95. The number of benzene rings is 7. The topological polar surface area (TPSA) is 38.9 Å². The Labute approximate surface area is 272 Å². The van der Waals surface area contributed by atoms with Crippen molar-refractivity contribution >= 4 is 32.7 Å². The van der Waals surface area contributed by atoms with E-state index in [9.17, 15) is 0 Å². The van der Waals surface area contributed by atoms with Gasteiger partial charge in [0.05, 0.1) is 11.4 Å². The second-order valence-electron chi connectivity index (χ2n) is 11.8. The van der Waals surface area contributed by atoms with E-state index in [0.717, 1.165) is 71.9 Å². The number of hydrogen-bond donors (Lipinski definition) is 0. The number of hydrogen-bond acceptors (Lipinski definition) is 3. The summed E-state index contributed by atoms with van der Waals surface area (Å²) in [5.41, 5.74) is 10.9. The fraction of sp³-hybridized carbons (Fsp3) is 0. The maximum absolute atomic E-state index is 6.80. The van der Waals surface area contributed by atoms with Gasteiger partial charge in [0.25, 0.3) is 0 Å². The van der Waals surface area contributed by atoms with Crippen molar-refractivity contribution in [1.82, 2.24) is 9.97 Å². The largest absolute Gasteiger partial charge is 0.455 e. The first kappa shape index (κ1) is 27.0. The first-order valence-electron chi connectivity index (χ1n) is 15.8. The molecule has 220 valence electrons. The van der Waals surface area contributed by atoms with E-state index in [4.69, 9.17) is 14.4 Å². The molecule has 0 aliphatic carbocycles. The maximum Gasteiger partial charge on any atom is 0.161 e. The van der Waals surface area contributed by atoms with E-state index in [-0.39, 0.29) is 0 Å². The molecule has 0 saturated carbocycles. The normalized spacial score (nSPS) is 11.4. The van der Waals surface area contributed by atoms with E-state index >= 15 is 0 Å². The molecule has 0 aliphatic heterocycles. The summed E-state index contributed by atoms with van der Waals surface area (Å²) >= 11 is 0. The van der Waals surface area contributed by atoms with Crippen LogP contribution in [0.2, 0.25) is 0 Å².